The summed E-state index contributed by atoms with van der Waals surface area (Å²) in [5.74, 6) is 1.54. The van der Waals surface area contributed by atoms with Crippen LogP contribution in [0.2, 0.25) is 0 Å². The topological polar surface area (TPSA) is 70.5 Å². The van der Waals surface area contributed by atoms with Crippen LogP contribution in [0.5, 0.6) is 11.5 Å². The lowest BCUT2D eigenvalue weighted by molar-refractivity contribution is 0.247. The van der Waals surface area contributed by atoms with E-state index >= 15 is 0 Å². The van der Waals surface area contributed by atoms with Gasteiger partial charge in [0.1, 0.15) is 11.5 Å². The van der Waals surface area contributed by atoms with Gasteiger partial charge in [-0.1, -0.05) is 18.2 Å². The molecule has 2 aromatic carbocycles. The fraction of sp³-hybridized carbons (Fsp3) is 0.250. The zero-order valence-electron chi connectivity index (χ0n) is 11.6. The summed E-state index contributed by atoms with van der Waals surface area (Å²) in [5, 5.41) is 0. The van der Waals surface area contributed by atoms with E-state index in [2.05, 4.69) is 0 Å². The van der Waals surface area contributed by atoms with Gasteiger partial charge < -0.3 is 20.9 Å². The molecule has 2 rings (SSSR count). The van der Waals surface area contributed by atoms with Crippen LogP contribution in [0.15, 0.2) is 42.5 Å². The first-order valence-electron chi connectivity index (χ1n) is 6.63. The van der Waals surface area contributed by atoms with Crippen molar-refractivity contribution in [3.63, 3.8) is 0 Å². The molecule has 4 N–H and O–H groups in total. The van der Waals surface area contributed by atoms with Gasteiger partial charge in [0.25, 0.3) is 0 Å². The van der Waals surface area contributed by atoms with Gasteiger partial charge in [-0.15, -0.1) is 0 Å². The number of rotatable bonds is 6. The molecule has 0 saturated carbocycles. The maximum atomic E-state index is 5.83. The third kappa shape index (κ3) is 3.57. The fourth-order valence-corrected chi connectivity index (χ4v) is 1.82. The molecule has 0 aliphatic heterocycles. The number of benzene rings is 2. The van der Waals surface area contributed by atoms with Gasteiger partial charge in [0.2, 0.25) is 0 Å². The van der Waals surface area contributed by atoms with Gasteiger partial charge in [-0.3, -0.25) is 0 Å². The number of ether oxygens (including phenoxy) is 2. The Morgan fingerprint density at radius 3 is 2.15 bits per heavy atom. The van der Waals surface area contributed by atoms with Crippen molar-refractivity contribution >= 4 is 11.4 Å². The Morgan fingerprint density at radius 1 is 0.800 bits per heavy atom. The van der Waals surface area contributed by atoms with E-state index in [4.69, 9.17) is 20.9 Å². The van der Waals surface area contributed by atoms with Crippen LogP contribution in [0.4, 0.5) is 11.4 Å². The lowest BCUT2D eigenvalue weighted by Gasteiger charge is -2.11. The second kappa shape index (κ2) is 6.70. The Balaban J connectivity index is 1.75. The lowest BCUT2D eigenvalue weighted by atomic mass is 10.2. The van der Waals surface area contributed by atoms with Crippen LogP contribution in [0.1, 0.15) is 12.0 Å². The number of hydrogen-bond acceptors (Lipinski definition) is 4. The van der Waals surface area contributed by atoms with Crippen LogP contribution < -0.4 is 20.9 Å². The third-order valence-corrected chi connectivity index (χ3v) is 3.05. The van der Waals surface area contributed by atoms with Crippen LogP contribution in [0.25, 0.3) is 0 Å². The molecule has 0 aromatic heterocycles. The maximum absolute atomic E-state index is 5.83. The highest BCUT2D eigenvalue weighted by atomic mass is 16.5. The Kier molecular flexibility index (Phi) is 4.71. The average Bonchev–Trinajstić information content (AvgIpc) is 2.45. The first-order valence-corrected chi connectivity index (χ1v) is 6.63. The van der Waals surface area contributed by atoms with Crippen LogP contribution in [0, 0.1) is 6.92 Å². The molecule has 0 saturated heterocycles. The quantitative estimate of drug-likeness (QED) is 0.626. The summed E-state index contributed by atoms with van der Waals surface area (Å²) >= 11 is 0. The zero-order chi connectivity index (χ0) is 14.4. The summed E-state index contributed by atoms with van der Waals surface area (Å²) in [5.41, 5.74) is 14.0. The number of anilines is 2. The summed E-state index contributed by atoms with van der Waals surface area (Å²) in [4.78, 5) is 0. The first kappa shape index (κ1) is 14.1. The summed E-state index contributed by atoms with van der Waals surface area (Å²) in [7, 11) is 0. The summed E-state index contributed by atoms with van der Waals surface area (Å²) in [6, 6.07) is 13.1. The Labute approximate surface area is 119 Å². The molecule has 106 valence electrons. The molecule has 0 aliphatic carbocycles. The summed E-state index contributed by atoms with van der Waals surface area (Å²) in [6.45, 7) is 3.10. The van der Waals surface area contributed by atoms with Crippen LogP contribution in [-0.2, 0) is 0 Å². The first-order chi connectivity index (χ1) is 9.68. The normalized spacial score (nSPS) is 10.2. The summed E-state index contributed by atoms with van der Waals surface area (Å²) in [6.07, 6.45) is 0.780. The van der Waals surface area contributed by atoms with Crippen molar-refractivity contribution in [3.8, 4) is 11.5 Å². The van der Waals surface area contributed by atoms with E-state index in [9.17, 15) is 0 Å². The molecule has 4 nitrogen and oxygen atoms in total. The number of para-hydroxylation sites is 2. The maximum Gasteiger partial charge on any atom is 0.142 e. The molecular formula is C16H20N2O2. The van der Waals surface area contributed by atoms with Crippen molar-refractivity contribution < 1.29 is 9.47 Å². The molecule has 0 radical (unpaired) electrons. The van der Waals surface area contributed by atoms with E-state index in [1.807, 2.05) is 49.4 Å². The van der Waals surface area contributed by atoms with Crippen molar-refractivity contribution in [1.82, 2.24) is 0 Å². The van der Waals surface area contributed by atoms with Crippen LogP contribution in [0.3, 0.4) is 0 Å². The van der Waals surface area contributed by atoms with E-state index in [1.54, 1.807) is 0 Å². The molecule has 0 amide bonds. The highest BCUT2D eigenvalue weighted by molar-refractivity contribution is 5.53. The predicted molar refractivity (Wildman–Crippen MR) is 82.1 cm³/mol. The number of hydrogen-bond donors (Lipinski definition) is 2. The van der Waals surface area contributed by atoms with Gasteiger partial charge in [-0.25, -0.2) is 0 Å². The molecule has 0 heterocycles. The van der Waals surface area contributed by atoms with Crippen molar-refractivity contribution in [2.75, 3.05) is 24.7 Å². The van der Waals surface area contributed by atoms with E-state index < -0.39 is 0 Å². The second-order valence-electron chi connectivity index (χ2n) is 4.56. The largest absolute Gasteiger partial charge is 0.493 e. The second-order valence-corrected chi connectivity index (χ2v) is 4.56. The van der Waals surface area contributed by atoms with Crippen molar-refractivity contribution in [3.05, 3.63) is 48.0 Å². The minimum absolute atomic E-state index is 0.565. The van der Waals surface area contributed by atoms with Crippen LogP contribution in [-0.4, -0.2) is 13.2 Å². The van der Waals surface area contributed by atoms with Crippen LogP contribution >= 0.6 is 0 Å². The standard InChI is InChI=1S/C16H20N2O2/c1-12-13(17)7-4-9-15(12)19-10-5-11-20-16-8-3-2-6-14(16)18/h2-4,6-9H,5,10-11,17-18H2,1H3. The molecule has 0 atom stereocenters. The van der Waals surface area contributed by atoms with Gasteiger partial charge >= 0.3 is 0 Å². The van der Waals surface area contributed by atoms with Gasteiger partial charge in [-0.05, 0) is 31.2 Å². The molecule has 0 fully saturated rings. The molecule has 0 aliphatic rings. The van der Waals surface area contributed by atoms with Crippen molar-refractivity contribution in [1.29, 1.82) is 0 Å². The SMILES string of the molecule is Cc1c(N)cccc1OCCCOc1ccccc1N. The smallest absolute Gasteiger partial charge is 0.142 e. The molecule has 0 unspecified atom stereocenters. The Morgan fingerprint density at radius 2 is 1.40 bits per heavy atom. The van der Waals surface area contributed by atoms with Gasteiger partial charge in [0, 0.05) is 17.7 Å². The van der Waals surface area contributed by atoms with E-state index in [0.29, 0.717) is 24.7 Å². The van der Waals surface area contributed by atoms with E-state index in [-0.39, 0.29) is 0 Å². The van der Waals surface area contributed by atoms with Gasteiger partial charge in [-0.2, -0.15) is 0 Å². The number of nitrogens with two attached hydrogens (primary N) is 2. The molecular weight excluding hydrogens is 252 g/mol. The van der Waals surface area contributed by atoms with E-state index in [1.165, 1.54) is 0 Å². The minimum Gasteiger partial charge on any atom is -0.493 e. The molecule has 2 aromatic rings. The lowest BCUT2D eigenvalue weighted by Crippen LogP contribution is -2.07. The molecule has 0 spiro atoms. The summed E-state index contributed by atoms with van der Waals surface area (Å²) < 4.78 is 11.3. The molecule has 20 heavy (non-hydrogen) atoms. The van der Waals surface area contributed by atoms with Crippen molar-refractivity contribution in [2.24, 2.45) is 0 Å². The van der Waals surface area contributed by atoms with Gasteiger partial charge in [0.15, 0.2) is 0 Å². The van der Waals surface area contributed by atoms with Crippen molar-refractivity contribution in [2.45, 2.75) is 13.3 Å². The third-order valence-electron chi connectivity index (χ3n) is 3.05. The minimum atomic E-state index is 0.565. The highest BCUT2D eigenvalue weighted by Crippen LogP contribution is 2.23. The highest BCUT2D eigenvalue weighted by Gasteiger charge is 2.02. The Bertz CT molecular complexity index is 570. The monoisotopic (exact) mass is 272 g/mol. The van der Waals surface area contributed by atoms with E-state index in [0.717, 1.165) is 23.4 Å². The Hall–Kier alpha value is -2.36. The molecule has 4 heteroatoms. The number of nitrogen functional groups attached to an aromatic ring is 2. The average molecular weight is 272 g/mol. The fourth-order valence-electron chi connectivity index (χ4n) is 1.82. The predicted octanol–water partition coefficient (Wildman–Crippen LogP) is 3.01. The van der Waals surface area contributed by atoms with Gasteiger partial charge in [0.05, 0.1) is 18.9 Å². The molecule has 0 bridgehead atoms. The zero-order valence-corrected chi connectivity index (χ0v) is 11.6.